The number of ketones is 1. The minimum Gasteiger partial charge on any atom is -0.376 e. The summed E-state index contributed by atoms with van der Waals surface area (Å²) < 4.78 is 0. The van der Waals surface area contributed by atoms with Crippen LogP contribution in [-0.4, -0.2) is 11.8 Å². The Morgan fingerprint density at radius 2 is 1.78 bits per heavy atom. The molecule has 0 bridgehead atoms. The van der Waals surface area contributed by atoms with Gasteiger partial charge in [0, 0.05) is 17.7 Å². The first-order valence-electron chi connectivity index (χ1n) is 10.2. The number of nitrogens with one attached hydrogen (secondary N) is 2. The molecule has 2 unspecified atom stereocenters. The summed E-state index contributed by atoms with van der Waals surface area (Å²) in [5.74, 6) is 0.858. The third-order valence-electron chi connectivity index (χ3n) is 7.08. The number of Topliss-reactive ketones (excluding diaryl/α,β-unsaturated/α-hetero) is 1. The Balaban J connectivity index is 1.73. The van der Waals surface area contributed by atoms with Crippen molar-refractivity contribution in [1.29, 1.82) is 0 Å². The van der Waals surface area contributed by atoms with E-state index in [0.717, 1.165) is 41.9 Å². The van der Waals surface area contributed by atoms with E-state index >= 15 is 0 Å². The minimum absolute atomic E-state index is 0.0114. The van der Waals surface area contributed by atoms with E-state index in [0.29, 0.717) is 18.1 Å². The van der Waals surface area contributed by atoms with E-state index in [1.54, 1.807) is 0 Å². The van der Waals surface area contributed by atoms with Gasteiger partial charge in [-0.3, -0.25) is 4.79 Å². The maximum Gasteiger partial charge on any atom is 0.163 e. The van der Waals surface area contributed by atoms with Gasteiger partial charge in [-0.2, -0.15) is 0 Å². The second-order valence-electron chi connectivity index (χ2n) is 9.98. The van der Waals surface area contributed by atoms with Crippen molar-refractivity contribution in [2.24, 2.45) is 16.7 Å². The molecule has 1 aromatic carbocycles. The molecule has 0 saturated heterocycles. The van der Waals surface area contributed by atoms with Gasteiger partial charge in [-0.25, -0.2) is 0 Å². The van der Waals surface area contributed by atoms with Crippen LogP contribution in [0.15, 0.2) is 47.2 Å². The summed E-state index contributed by atoms with van der Waals surface area (Å²) in [6.07, 6.45) is 6.03. The maximum absolute atomic E-state index is 13.2. The van der Waals surface area contributed by atoms with Crippen molar-refractivity contribution in [3.05, 3.63) is 47.2 Å². The molecule has 144 valence electrons. The Bertz CT molecular complexity index is 844. The molecule has 0 saturated carbocycles. The summed E-state index contributed by atoms with van der Waals surface area (Å²) in [7, 11) is 0. The van der Waals surface area contributed by atoms with Crippen molar-refractivity contribution in [2.75, 3.05) is 10.6 Å². The highest BCUT2D eigenvalue weighted by molar-refractivity contribution is 6.00. The van der Waals surface area contributed by atoms with Gasteiger partial charge in [0.2, 0.25) is 0 Å². The van der Waals surface area contributed by atoms with E-state index < -0.39 is 0 Å². The van der Waals surface area contributed by atoms with Crippen molar-refractivity contribution in [3.8, 4) is 0 Å². The summed E-state index contributed by atoms with van der Waals surface area (Å²) in [5.41, 5.74) is 5.98. The summed E-state index contributed by atoms with van der Waals surface area (Å²) in [6.45, 7) is 11.3. The van der Waals surface area contributed by atoms with E-state index in [4.69, 9.17) is 0 Å². The molecule has 3 heteroatoms. The van der Waals surface area contributed by atoms with Crippen LogP contribution in [0.2, 0.25) is 0 Å². The molecule has 0 amide bonds. The Kier molecular flexibility index (Phi) is 4.25. The van der Waals surface area contributed by atoms with Crippen molar-refractivity contribution < 1.29 is 4.79 Å². The second-order valence-corrected chi connectivity index (χ2v) is 9.98. The first-order valence-corrected chi connectivity index (χ1v) is 10.2. The first-order chi connectivity index (χ1) is 12.7. The lowest BCUT2D eigenvalue weighted by molar-refractivity contribution is -0.118. The Morgan fingerprint density at radius 1 is 1.07 bits per heavy atom. The topological polar surface area (TPSA) is 41.1 Å². The van der Waals surface area contributed by atoms with Gasteiger partial charge in [-0.05, 0) is 55.1 Å². The smallest absolute Gasteiger partial charge is 0.163 e. The number of carbonyl (C=O) groups excluding carboxylic acids is 1. The highest BCUT2D eigenvalue weighted by Gasteiger charge is 2.42. The van der Waals surface area contributed by atoms with E-state index in [1.807, 2.05) is 0 Å². The average Bonchev–Trinajstić information content (AvgIpc) is 2.74. The van der Waals surface area contributed by atoms with Gasteiger partial charge in [0.15, 0.2) is 5.78 Å². The van der Waals surface area contributed by atoms with Gasteiger partial charge in [0.1, 0.15) is 0 Å². The molecule has 0 radical (unpaired) electrons. The summed E-state index contributed by atoms with van der Waals surface area (Å²) in [4.78, 5) is 13.2. The van der Waals surface area contributed by atoms with Crippen molar-refractivity contribution >= 4 is 17.2 Å². The number of fused-ring (bicyclic) bond motifs is 1. The van der Waals surface area contributed by atoms with Crippen LogP contribution in [0.5, 0.6) is 0 Å². The van der Waals surface area contributed by atoms with Crippen LogP contribution >= 0.6 is 0 Å². The molecule has 0 aromatic heterocycles. The van der Waals surface area contributed by atoms with Crippen LogP contribution < -0.4 is 10.6 Å². The zero-order valence-corrected chi connectivity index (χ0v) is 17.3. The van der Waals surface area contributed by atoms with Gasteiger partial charge < -0.3 is 10.6 Å². The number of para-hydroxylation sites is 2. The predicted octanol–water partition coefficient (Wildman–Crippen LogP) is 5.92. The third kappa shape index (κ3) is 3.22. The van der Waals surface area contributed by atoms with Gasteiger partial charge in [0.25, 0.3) is 0 Å². The molecule has 1 heterocycles. The molecule has 3 aliphatic rings. The SMILES string of the molecule is CC1=CCC(CC2Nc3ccccc3NC3=C2C(=O)CC(C)(C)C3)C1(C)C. The molecule has 2 N–H and O–H groups in total. The van der Waals surface area contributed by atoms with Crippen LogP contribution in [0.1, 0.15) is 60.3 Å². The van der Waals surface area contributed by atoms with Crippen LogP contribution in [-0.2, 0) is 4.79 Å². The number of carbonyl (C=O) groups is 1. The number of allylic oxidation sites excluding steroid dienone is 3. The molecule has 2 aliphatic carbocycles. The van der Waals surface area contributed by atoms with Gasteiger partial charge in [-0.15, -0.1) is 0 Å². The molecule has 27 heavy (non-hydrogen) atoms. The zero-order chi connectivity index (χ0) is 19.4. The fraction of sp³-hybridized carbons (Fsp3) is 0.542. The molecule has 2 atom stereocenters. The lowest BCUT2D eigenvalue weighted by atomic mass is 9.70. The molecule has 3 nitrogen and oxygen atoms in total. The predicted molar refractivity (Wildman–Crippen MR) is 113 cm³/mol. The van der Waals surface area contributed by atoms with Crippen LogP contribution in [0.25, 0.3) is 0 Å². The number of benzene rings is 1. The molecule has 1 aliphatic heterocycles. The normalized spacial score (nSPS) is 28.5. The fourth-order valence-corrected chi connectivity index (χ4v) is 5.04. The van der Waals surface area contributed by atoms with Gasteiger partial charge in [-0.1, -0.05) is 51.5 Å². The lowest BCUT2D eigenvalue weighted by Gasteiger charge is -2.37. The van der Waals surface area contributed by atoms with Gasteiger partial charge >= 0.3 is 0 Å². The monoisotopic (exact) mass is 364 g/mol. The summed E-state index contributed by atoms with van der Waals surface area (Å²) >= 11 is 0. The molecule has 4 rings (SSSR count). The fourth-order valence-electron chi connectivity index (χ4n) is 5.04. The maximum atomic E-state index is 13.2. The number of hydrogen-bond acceptors (Lipinski definition) is 3. The van der Waals surface area contributed by atoms with Crippen LogP contribution in [0, 0.1) is 16.7 Å². The first kappa shape index (κ1) is 18.3. The Labute approximate surface area is 163 Å². The quantitative estimate of drug-likeness (QED) is 0.640. The molecular formula is C24H32N2O. The van der Waals surface area contributed by atoms with E-state index in [-0.39, 0.29) is 16.9 Å². The second kappa shape index (κ2) is 6.25. The highest BCUT2D eigenvalue weighted by atomic mass is 16.1. The number of hydrogen-bond donors (Lipinski definition) is 2. The highest BCUT2D eigenvalue weighted by Crippen LogP contribution is 2.48. The average molecular weight is 365 g/mol. The Morgan fingerprint density at radius 3 is 2.44 bits per heavy atom. The molecule has 0 spiro atoms. The van der Waals surface area contributed by atoms with E-state index in [1.165, 1.54) is 5.57 Å². The lowest BCUT2D eigenvalue weighted by Crippen LogP contribution is -2.37. The van der Waals surface area contributed by atoms with Crippen molar-refractivity contribution in [1.82, 2.24) is 0 Å². The summed E-state index contributed by atoms with van der Waals surface area (Å²) in [6, 6.07) is 8.41. The third-order valence-corrected chi connectivity index (χ3v) is 7.08. The Hall–Kier alpha value is -2.03. The molecule has 0 fully saturated rings. The summed E-state index contributed by atoms with van der Waals surface area (Å²) in [5, 5.41) is 7.35. The van der Waals surface area contributed by atoms with E-state index in [9.17, 15) is 4.79 Å². The van der Waals surface area contributed by atoms with Crippen LogP contribution in [0.4, 0.5) is 11.4 Å². The largest absolute Gasteiger partial charge is 0.376 e. The number of rotatable bonds is 2. The van der Waals surface area contributed by atoms with Crippen LogP contribution in [0.3, 0.4) is 0 Å². The molecule has 1 aromatic rings. The standard InChI is InChI=1S/C24H32N2O/c1-15-10-11-16(24(15,4)5)12-19-22-20(13-23(2,3)14-21(22)27)26-18-9-7-6-8-17(18)25-19/h6-10,16,19,25-26H,11-14H2,1-5H3. The minimum atomic E-state index is 0.0114. The zero-order valence-electron chi connectivity index (χ0n) is 17.3. The van der Waals surface area contributed by atoms with E-state index in [2.05, 4.69) is 75.6 Å². The number of anilines is 2. The molecular weight excluding hydrogens is 332 g/mol. The van der Waals surface area contributed by atoms with Crippen molar-refractivity contribution in [2.45, 2.75) is 66.3 Å². The van der Waals surface area contributed by atoms with Gasteiger partial charge in [0.05, 0.1) is 17.4 Å². The van der Waals surface area contributed by atoms with Crippen molar-refractivity contribution in [3.63, 3.8) is 0 Å².